The average molecular weight is 348 g/mol. The van der Waals surface area contributed by atoms with Gasteiger partial charge >= 0.3 is 6.18 Å². The molecule has 25 heavy (non-hydrogen) atoms. The summed E-state index contributed by atoms with van der Waals surface area (Å²) < 4.78 is 49.0. The van der Waals surface area contributed by atoms with Gasteiger partial charge in [0.05, 0.1) is 18.6 Å². The summed E-state index contributed by atoms with van der Waals surface area (Å²) in [5.41, 5.74) is 0.0795. The van der Waals surface area contributed by atoms with E-state index in [-0.39, 0.29) is 11.7 Å². The molecule has 1 aromatic carbocycles. The van der Waals surface area contributed by atoms with Crippen LogP contribution in [0, 0.1) is 0 Å². The van der Waals surface area contributed by atoms with Gasteiger partial charge in [0.15, 0.2) is 0 Å². The summed E-state index contributed by atoms with van der Waals surface area (Å²) in [6.07, 6.45) is 3.04. The third-order valence-corrected chi connectivity index (χ3v) is 3.79. The molecule has 0 saturated heterocycles. The second-order valence-electron chi connectivity index (χ2n) is 5.38. The summed E-state index contributed by atoms with van der Waals surface area (Å²) >= 11 is 0. The number of aromatic nitrogens is 1. The maximum Gasteiger partial charge on any atom is 0.416 e. The lowest BCUT2D eigenvalue weighted by atomic mass is 9.95. The van der Waals surface area contributed by atoms with E-state index < -0.39 is 11.7 Å². The summed E-state index contributed by atoms with van der Waals surface area (Å²) in [5.74, 6) is 1.10. The van der Waals surface area contributed by atoms with E-state index in [9.17, 15) is 13.2 Å². The van der Waals surface area contributed by atoms with E-state index in [1.165, 1.54) is 12.1 Å². The van der Waals surface area contributed by atoms with Crippen molar-refractivity contribution in [3.05, 3.63) is 66.1 Å². The molecule has 0 aliphatic carbocycles. The number of hydrogen-bond acceptors (Lipinski definition) is 4. The van der Waals surface area contributed by atoms with Crippen molar-refractivity contribution < 1.29 is 22.6 Å². The van der Waals surface area contributed by atoms with Gasteiger partial charge in [-0.1, -0.05) is 6.08 Å². The number of ether oxygens (including phenoxy) is 2. The predicted molar refractivity (Wildman–Crippen MR) is 86.8 cm³/mol. The zero-order valence-corrected chi connectivity index (χ0v) is 13.3. The summed E-state index contributed by atoms with van der Waals surface area (Å²) in [4.78, 5) is 8.35. The Hall–Kier alpha value is -2.83. The fourth-order valence-electron chi connectivity index (χ4n) is 2.55. The molecule has 1 atom stereocenters. The minimum absolute atomic E-state index is 0.226. The third-order valence-electron chi connectivity index (χ3n) is 3.79. The van der Waals surface area contributed by atoms with Crippen LogP contribution in [0.2, 0.25) is 0 Å². The highest BCUT2D eigenvalue weighted by Crippen LogP contribution is 2.34. The van der Waals surface area contributed by atoms with Gasteiger partial charge in [-0.2, -0.15) is 13.2 Å². The first-order chi connectivity index (χ1) is 12.0. The number of methoxy groups -OCH3 is 1. The van der Waals surface area contributed by atoms with Gasteiger partial charge in [0.1, 0.15) is 11.5 Å². The first-order valence-electron chi connectivity index (χ1n) is 7.55. The third kappa shape index (κ3) is 3.81. The molecule has 0 N–H and O–H groups in total. The number of nitrogens with zero attached hydrogens (tertiary/aromatic N) is 2. The second-order valence-corrected chi connectivity index (χ2v) is 5.38. The van der Waals surface area contributed by atoms with Crippen LogP contribution in [0.1, 0.15) is 23.5 Å². The Morgan fingerprint density at radius 1 is 1.12 bits per heavy atom. The van der Waals surface area contributed by atoms with Gasteiger partial charge in [-0.15, -0.1) is 0 Å². The normalized spacial score (nSPS) is 17.1. The number of alkyl halides is 3. The van der Waals surface area contributed by atoms with Gasteiger partial charge in [0, 0.05) is 24.2 Å². The van der Waals surface area contributed by atoms with Crippen LogP contribution in [-0.4, -0.2) is 18.0 Å². The van der Waals surface area contributed by atoms with Crippen molar-refractivity contribution in [3.8, 4) is 11.5 Å². The SMILES string of the molecule is COc1ccncc1C1CC=CN=C1Oc1ccc(C(F)(F)F)cc1. The molecule has 0 fully saturated rings. The summed E-state index contributed by atoms with van der Waals surface area (Å²) in [6, 6.07) is 6.26. The highest BCUT2D eigenvalue weighted by atomic mass is 19.4. The van der Waals surface area contributed by atoms with E-state index >= 15 is 0 Å². The van der Waals surface area contributed by atoms with E-state index in [2.05, 4.69) is 9.98 Å². The van der Waals surface area contributed by atoms with E-state index in [0.29, 0.717) is 18.1 Å². The smallest absolute Gasteiger partial charge is 0.416 e. The number of aliphatic imine (C=N–C) groups is 1. The number of allylic oxidation sites excluding steroid dienone is 1. The molecular formula is C18H15F3N2O2. The topological polar surface area (TPSA) is 43.7 Å². The highest BCUT2D eigenvalue weighted by molar-refractivity contribution is 5.87. The summed E-state index contributed by atoms with van der Waals surface area (Å²) in [7, 11) is 1.56. The Balaban J connectivity index is 1.85. The molecule has 0 spiro atoms. The number of pyridine rings is 1. The molecule has 130 valence electrons. The lowest BCUT2D eigenvalue weighted by Crippen LogP contribution is -2.21. The van der Waals surface area contributed by atoms with Gasteiger partial charge in [-0.25, -0.2) is 4.99 Å². The quantitative estimate of drug-likeness (QED) is 0.815. The Labute approximate surface area is 142 Å². The Bertz CT molecular complexity index is 799. The maximum atomic E-state index is 12.7. The van der Waals surface area contributed by atoms with E-state index in [1.54, 1.807) is 31.8 Å². The number of hydrogen-bond donors (Lipinski definition) is 0. The lowest BCUT2D eigenvalue weighted by molar-refractivity contribution is -0.137. The van der Waals surface area contributed by atoms with Crippen molar-refractivity contribution >= 4 is 5.90 Å². The Kier molecular flexibility index (Phi) is 4.74. The van der Waals surface area contributed by atoms with Crippen molar-refractivity contribution in [3.63, 3.8) is 0 Å². The van der Waals surface area contributed by atoms with Gasteiger partial charge in [0.2, 0.25) is 5.90 Å². The molecule has 2 heterocycles. The largest absolute Gasteiger partial charge is 0.496 e. The molecule has 1 aromatic heterocycles. The summed E-state index contributed by atoms with van der Waals surface area (Å²) in [5, 5.41) is 0. The van der Waals surface area contributed by atoms with Crippen LogP contribution < -0.4 is 9.47 Å². The fourth-order valence-corrected chi connectivity index (χ4v) is 2.55. The number of halogens is 3. The molecule has 1 aliphatic rings. The van der Waals surface area contributed by atoms with Crippen LogP contribution in [0.15, 0.2) is 60.0 Å². The van der Waals surface area contributed by atoms with Crippen molar-refractivity contribution in [2.45, 2.75) is 18.5 Å². The fraction of sp³-hybridized carbons (Fsp3) is 0.222. The van der Waals surface area contributed by atoms with Crippen molar-refractivity contribution in [1.29, 1.82) is 0 Å². The van der Waals surface area contributed by atoms with Gasteiger partial charge in [-0.05, 0) is 36.8 Å². The first kappa shape index (κ1) is 17.0. The molecule has 3 rings (SSSR count). The van der Waals surface area contributed by atoms with Crippen molar-refractivity contribution in [1.82, 2.24) is 4.98 Å². The molecule has 1 unspecified atom stereocenters. The minimum atomic E-state index is -4.38. The standard InChI is InChI=1S/C18H15F3N2O2/c1-24-16-8-10-22-11-15(16)14-3-2-9-23-17(14)25-13-6-4-12(5-7-13)18(19,20)21/h2,4-11,14H,3H2,1H3. The minimum Gasteiger partial charge on any atom is -0.496 e. The van der Waals surface area contributed by atoms with Crippen molar-refractivity contribution in [2.24, 2.45) is 4.99 Å². The van der Waals surface area contributed by atoms with E-state index in [1.807, 2.05) is 6.08 Å². The first-order valence-corrected chi connectivity index (χ1v) is 7.55. The molecule has 0 saturated carbocycles. The average Bonchev–Trinajstić information content (AvgIpc) is 2.62. The number of rotatable bonds is 3. The zero-order valence-electron chi connectivity index (χ0n) is 13.3. The van der Waals surface area contributed by atoms with E-state index in [0.717, 1.165) is 17.7 Å². The van der Waals surface area contributed by atoms with Crippen molar-refractivity contribution in [2.75, 3.05) is 7.11 Å². The second kappa shape index (κ2) is 6.96. The molecule has 0 amide bonds. The predicted octanol–water partition coefficient (Wildman–Crippen LogP) is 4.59. The molecule has 2 aromatic rings. The highest BCUT2D eigenvalue weighted by Gasteiger charge is 2.30. The van der Waals surface area contributed by atoms with Crippen LogP contribution in [0.3, 0.4) is 0 Å². The Morgan fingerprint density at radius 3 is 2.56 bits per heavy atom. The van der Waals surface area contributed by atoms with E-state index in [4.69, 9.17) is 9.47 Å². The zero-order chi connectivity index (χ0) is 17.9. The van der Waals surface area contributed by atoms with Gasteiger partial charge in [0.25, 0.3) is 0 Å². The molecule has 1 aliphatic heterocycles. The molecule has 0 radical (unpaired) electrons. The Morgan fingerprint density at radius 2 is 1.88 bits per heavy atom. The van der Waals surface area contributed by atoms with Crippen LogP contribution in [0.5, 0.6) is 11.5 Å². The summed E-state index contributed by atoms with van der Waals surface area (Å²) in [6.45, 7) is 0. The number of benzene rings is 1. The van der Waals surface area contributed by atoms with Crippen LogP contribution in [0.25, 0.3) is 0 Å². The molecular weight excluding hydrogens is 333 g/mol. The molecule has 7 heteroatoms. The molecule has 0 bridgehead atoms. The van der Waals surface area contributed by atoms with Crippen LogP contribution >= 0.6 is 0 Å². The lowest BCUT2D eigenvalue weighted by Gasteiger charge is -2.22. The van der Waals surface area contributed by atoms with Crippen LogP contribution in [-0.2, 0) is 6.18 Å². The maximum absolute atomic E-state index is 12.7. The molecule has 4 nitrogen and oxygen atoms in total. The van der Waals surface area contributed by atoms with Gasteiger partial charge < -0.3 is 9.47 Å². The van der Waals surface area contributed by atoms with Crippen LogP contribution in [0.4, 0.5) is 13.2 Å². The van der Waals surface area contributed by atoms with Gasteiger partial charge in [-0.3, -0.25) is 4.98 Å². The monoisotopic (exact) mass is 348 g/mol.